The SMILES string of the molecule is CO[Si](C)(C)CCCOCC(O)CN(Cc1ccccn1)Cc1ccccn1. The summed E-state index contributed by atoms with van der Waals surface area (Å²) in [5.41, 5.74) is 1.94. The predicted molar refractivity (Wildman–Crippen MR) is 113 cm³/mol. The molecule has 0 aliphatic heterocycles. The molecule has 0 radical (unpaired) electrons. The van der Waals surface area contributed by atoms with Gasteiger partial charge in [0, 0.05) is 45.7 Å². The Labute approximate surface area is 169 Å². The molecule has 154 valence electrons. The fourth-order valence-corrected chi connectivity index (χ4v) is 4.10. The number of hydrogen-bond donors (Lipinski definition) is 1. The minimum absolute atomic E-state index is 0.329. The first-order chi connectivity index (χ1) is 13.5. The molecule has 2 heterocycles. The summed E-state index contributed by atoms with van der Waals surface area (Å²) in [6.45, 7) is 7.20. The molecule has 1 atom stereocenters. The first-order valence-electron chi connectivity index (χ1n) is 9.81. The molecule has 0 aromatic carbocycles. The van der Waals surface area contributed by atoms with Gasteiger partial charge in [-0.3, -0.25) is 14.9 Å². The number of rotatable bonds is 13. The summed E-state index contributed by atoms with van der Waals surface area (Å²) >= 11 is 0. The van der Waals surface area contributed by atoms with Crippen LogP contribution in [0.4, 0.5) is 0 Å². The standard InChI is InChI=1S/C21H33N3O3Si/c1-26-28(2,3)14-8-13-27-18-21(25)17-24(15-19-9-4-6-11-22-19)16-20-10-5-7-12-23-20/h4-7,9-12,21,25H,8,13-18H2,1-3H3. The molecule has 0 bridgehead atoms. The highest BCUT2D eigenvalue weighted by Gasteiger charge is 2.20. The van der Waals surface area contributed by atoms with E-state index in [-0.39, 0.29) is 0 Å². The monoisotopic (exact) mass is 403 g/mol. The van der Waals surface area contributed by atoms with E-state index in [1.165, 1.54) is 0 Å². The van der Waals surface area contributed by atoms with Gasteiger partial charge in [0.15, 0.2) is 8.32 Å². The van der Waals surface area contributed by atoms with Gasteiger partial charge in [-0.2, -0.15) is 0 Å². The highest BCUT2D eigenvalue weighted by Crippen LogP contribution is 2.12. The minimum Gasteiger partial charge on any atom is -0.420 e. The Kier molecular flexibility index (Phi) is 9.73. The second kappa shape index (κ2) is 12.0. The normalized spacial score (nSPS) is 13.0. The summed E-state index contributed by atoms with van der Waals surface area (Å²) in [6.07, 6.45) is 3.99. The lowest BCUT2D eigenvalue weighted by Gasteiger charge is -2.24. The second-order valence-electron chi connectivity index (χ2n) is 7.61. The van der Waals surface area contributed by atoms with E-state index >= 15 is 0 Å². The molecule has 0 amide bonds. The Balaban J connectivity index is 1.81. The molecule has 2 aromatic heterocycles. The minimum atomic E-state index is -1.53. The van der Waals surface area contributed by atoms with Gasteiger partial charge < -0.3 is 14.3 Å². The van der Waals surface area contributed by atoms with Crippen molar-refractivity contribution < 1.29 is 14.3 Å². The fourth-order valence-electron chi connectivity index (χ4n) is 2.90. The van der Waals surface area contributed by atoms with Gasteiger partial charge in [-0.15, -0.1) is 0 Å². The van der Waals surface area contributed by atoms with Crippen LogP contribution in [0, 0.1) is 0 Å². The first kappa shape index (κ1) is 22.6. The molecule has 7 heteroatoms. The molecule has 0 saturated carbocycles. The smallest absolute Gasteiger partial charge is 0.186 e. The lowest BCUT2D eigenvalue weighted by atomic mass is 10.2. The Morgan fingerprint density at radius 2 is 1.64 bits per heavy atom. The second-order valence-corrected chi connectivity index (χ2v) is 12.0. The van der Waals surface area contributed by atoms with E-state index in [1.54, 1.807) is 19.5 Å². The summed E-state index contributed by atoms with van der Waals surface area (Å²) in [6, 6.07) is 12.8. The van der Waals surface area contributed by atoms with Crippen molar-refractivity contribution in [3.05, 3.63) is 60.2 Å². The lowest BCUT2D eigenvalue weighted by molar-refractivity contribution is 0.0133. The van der Waals surface area contributed by atoms with Crippen LogP contribution < -0.4 is 0 Å². The maximum atomic E-state index is 10.5. The Bertz CT molecular complexity index is 617. The van der Waals surface area contributed by atoms with E-state index in [2.05, 4.69) is 28.0 Å². The van der Waals surface area contributed by atoms with Crippen molar-refractivity contribution in [3.8, 4) is 0 Å². The van der Waals surface area contributed by atoms with Gasteiger partial charge in [0.05, 0.1) is 24.1 Å². The number of aliphatic hydroxyl groups excluding tert-OH is 1. The fraction of sp³-hybridized carbons (Fsp3) is 0.524. The van der Waals surface area contributed by atoms with Crippen molar-refractivity contribution in [1.29, 1.82) is 0 Å². The van der Waals surface area contributed by atoms with Crippen LogP contribution in [0.15, 0.2) is 48.8 Å². The highest BCUT2D eigenvalue weighted by molar-refractivity contribution is 6.71. The average molecular weight is 404 g/mol. The zero-order chi connectivity index (χ0) is 20.2. The molecule has 0 aliphatic carbocycles. The topological polar surface area (TPSA) is 67.7 Å². The predicted octanol–water partition coefficient (Wildman–Crippen LogP) is 3.10. The molecule has 0 fully saturated rings. The number of aliphatic hydroxyl groups is 1. The maximum Gasteiger partial charge on any atom is 0.186 e. The molecule has 0 spiro atoms. The van der Waals surface area contributed by atoms with Crippen molar-refractivity contribution in [2.75, 3.05) is 26.9 Å². The van der Waals surface area contributed by atoms with Gasteiger partial charge >= 0.3 is 0 Å². The Hall–Kier alpha value is -1.64. The van der Waals surface area contributed by atoms with Gasteiger partial charge in [-0.05, 0) is 49.8 Å². The molecule has 1 unspecified atom stereocenters. The van der Waals surface area contributed by atoms with Crippen LogP contribution in [0.25, 0.3) is 0 Å². The van der Waals surface area contributed by atoms with Crippen LogP contribution in [0.3, 0.4) is 0 Å². The van der Waals surface area contributed by atoms with E-state index in [0.29, 0.717) is 32.8 Å². The number of hydrogen-bond acceptors (Lipinski definition) is 6. The van der Waals surface area contributed by atoms with Crippen molar-refractivity contribution in [3.63, 3.8) is 0 Å². The van der Waals surface area contributed by atoms with E-state index in [4.69, 9.17) is 9.16 Å². The van der Waals surface area contributed by atoms with Gasteiger partial charge in [0.2, 0.25) is 0 Å². The summed E-state index contributed by atoms with van der Waals surface area (Å²) in [5.74, 6) is 0. The van der Waals surface area contributed by atoms with E-state index in [1.807, 2.05) is 36.4 Å². The van der Waals surface area contributed by atoms with E-state index in [9.17, 15) is 5.11 Å². The molecule has 2 aromatic rings. The van der Waals surface area contributed by atoms with Crippen LogP contribution in [-0.4, -0.2) is 61.3 Å². The largest absolute Gasteiger partial charge is 0.420 e. The van der Waals surface area contributed by atoms with Gasteiger partial charge in [-0.1, -0.05) is 12.1 Å². The lowest BCUT2D eigenvalue weighted by Crippen LogP contribution is -2.35. The number of pyridine rings is 2. The average Bonchev–Trinajstić information content (AvgIpc) is 2.69. The number of ether oxygens (including phenoxy) is 1. The zero-order valence-electron chi connectivity index (χ0n) is 17.3. The molecule has 0 saturated heterocycles. The maximum absolute atomic E-state index is 10.5. The van der Waals surface area contributed by atoms with E-state index in [0.717, 1.165) is 23.9 Å². The Morgan fingerprint density at radius 1 is 1.04 bits per heavy atom. The summed E-state index contributed by atoms with van der Waals surface area (Å²) in [5, 5.41) is 10.5. The van der Waals surface area contributed by atoms with Crippen molar-refractivity contribution >= 4 is 8.32 Å². The third kappa shape index (κ3) is 9.03. The third-order valence-electron chi connectivity index (χ3n) is 4.62. The number of aromatic nitrogens is 2. The summed E-state index contributed by atoms with van der Waals surface area (Å²) in [7, 11) is 0.254. The first-order valence-corrected chi connectivity index (χ1v) is 12.9. The summed E-state index contributed by atoms with van der Waals surface area (Å²) in [4.78, 5) is 11.0. The quantitative estimate of drug-likeness (QED) is 0.409. The molecule has 1 N–H and O–H groups in total. The summed E-state index contributed by atoms with van der Waals surface area (Å²) < 4.78 is 11.2. The highest BCUT2D eigenvalue weighted by atomic mass is 28.4. The van der Waals surface area contributed by atoms with Crippen LogP contribution in [-0.2, 0) is 22.3 Å². The molecule has 6 nitrogen and oxygen atoms in total. The van der Waals surface area contributed by atoms with Crippen molar-refractivity contribution in [2.45, 2.75) is 44.8 Å². The van der Waals surface area contributed by atoms with Gasteiger partial charge in [-0.25, -0.2) is 0 Å². The number of nitrogens with zero attached hydrogens (tertiary/aromatic N) is 3. The van der Waals surface area contributed by atoms with Gasteiger partial charge in [0.25, 0.3) is 0 Å². The van der Waals surface area contributed by atoms with Gasteiger partial charge in [0.1, 0.15) is 0 Å². The van der Waals surface area contributed by atoms with Crippen molar-refractivity contribution in [2.24, 2.45) is 0 Å². The van der Waals surface area contributed by atoms with E-state index < -0.39 is 14.4 Å². The van der Waals surface area contributed by atoms with Crippen LogP contribution in [0.5, 0.6) is 0 Å². The molecule has 0 aliphatic rings. The zero-order valence-corrected chi connectivity index (χ0v) is 18.3. The molecular formula is C21H33N3O3Si. The Morgan fingerprint density at radius 3 is 2.14 bits per heavy atom. The molecular weight excluding hydrogens is 370 g/mol. The molecule has 2 rings (SSSR count). The molecule has 28 heavy (non-hydrogen) atoms. The van der Waals surface area contributed by atoms with Crippen LogP contribution in [0.2, 0.25) is 19.1 Å². The van der Waals surface area contributed by atoms with Crippen LogP contribution in [0.1, 0.15) is 17.8 Å². The van der Waals surface area contributed by atoms with Crippen molar-refractivity contribution in [1.82, 2.24) is 14.9 Å². The van der Waals surface area contributed by atoms with Crippen LogP contribution >= 0.6 is 0 Å². The third-order valence-corrected chi connectivity index (χ3v) is 7.29.